The van der Waals surface area contributed by atoms with Crippen molar-refractivity contribution in [3.8, 4) is 11.5 Å². The van der Waals surface area contributed by atoms with Crippen molar-refractivity contribution in [3.63, 3.8) is 0 Å². The lowest BCUT2D eigenvalue weighted by Crippen LogP contribution is -2.01. The topological polar surface area (TPSA) is 18.5 Å². The molecule has 0 spiro atoms. The summed E-state index contributed by atoms with van der Waals surface area (Å²) in [5, 5.41) is -0.419. The molecule has 3 rings (SSSR count). The van der Waals surface area contributed by atoms with Crippen LogP contribution < -0.4 is 9.47 Å². The Morgan fingerprint density at radius 2 is 1.27 bits per heavy atom. The maximum absolute atomic E-state index is 14.7. The van der Waals surface area contributed by atoms with E-state index in [9.17, 15) is 22.0 Å². The standard InChI is InChI=1S/C26H25F5O2/c1-3-5-6-14-33-20-11-9-16(22(27)25(20)30)7-8-18-15-17-10-12-19(32-13-4-2)24(29)21(17)26(31)23(18)28/h7-12,15H,3-6,13-14H2,1-2H3. The Balaban J connectivity index is 1.89. The molecular formula is C26H25F5O2. The Hall–Kier alpha value is -3.09. The normalized spacial score (nSPS) is 11.5. The summed E-state index contributed by atoms with van der Waals surface area (Å²) in [6.07, 6.45) is 5.46. The van der Waals surface area contributed by atoms with E-state index < -0.39 is 34.5 Å². The van der Waals surface area contributed by atoms with Gasteiger partial charge < -0.3 is 9.47 Å². The van der Waals surface area contributed by atoms with E-state index in [1.807, 2.05) is 13.8 Å². The molecule has 0 bridgehead atoms. The van der Waals surface area contributed by atoms with Crippen molar-refractivity contribution < 1.29 is 31.4 Å². The predicted octanol–water partition coefficient (Wildman–Crippen LogP) is 8.06. The molecule has 0 amide bonds. The summed E-state index contributed by atoms with van der Waals surface area (Å²) in [6.45, 7) is 4.35. The second-order valence-electron chi connectivity index (χ2n) is 7.59. The van der Waals surface area contributed by atoms with Crippen molar-refractivity contribution in [2.24, 2.45) is 0 Å². The summed E-state index contributed by atoms with van der Waals surface area (Å²) in [5.41, 5.74) is -0.399. The molecule has 0 saturated heterocycles. The lowest BCUT2D eigenvalue weighted by Gasteiger charge is -2.11. The molecule has 0 atom stereocenters. The van der Waals surface area contributed by atoms with Gasteiger partial charge in [-0.3, -0.25) is 0 Å². The van der Waals surface area contributed by atoms with Gasteiger partial charge in [0.2, 0.25) is 5.82 Å². The summed E-state index contributed by atoms with van der Waals surface area (Å²) in [5.74, 6) is -6.36. The van der Waals surface area contributed by atoms with Crippen molar-refractivity contribution in [2.45, 2.75) is 39.5 Å². The van der Waals surface area contributed by atoms with Crippen LogP contribution in [0, 0.1) is 29.1 Å². The number of hydrogen-bond acceptors (Lipinski definition) is 2. The van der Waals surface area contributed by atoms with Crippen LogP contribution in [0.25, 0.3) is 22.9 Å². The maximum atomic E-state index is 14.7. The fourth-order valence-electron chi connectivity index (χ4n) is 3.33. The summed E-state index contributed by atoms with van der Waals surface area (Å²) in [4.78, 5) is 0. The summed E-state index contributed by atoms with van der Waals surface area (Å²) < 4.78 is 83.1. The van der Waals surface area contributed by atoms with Gasteiger partial charge in [-0.25, -0.2) is 17.6 Å². The molecule has 0 aliphatic rings. The third-order valence-corrected chi connectivity index (χ3v) is 5.10. The van der Waals surface area contributed by atoms with Crippen molar-refractivity contribution in [3.05, 3.63) is 70.5 Å². The molecule has 0 unspecified atom stereocenters. The molecule has 33 heavy (non-hydrogen) atoms. The van der Waals surface area contributed by atoms with Gasteiger partial charge in [0.05, 0.1) is 18.6 Å². The van der Waals surface area contributed by atoms with Crippen LogP contribution in [-0.4, -0.2) is 13.2 Å². The van der Waals surface area contributed by atoms with Crippen molar-refractivity contribution in [1.82, 2.24) is 0 Å². The number of hydrogen-bond donors (Lipinski definition) is 0. The molecule has 0 saturated carbocycles. The van der Waals surface area contributed by atoms with Crippen LogP contribution in [0.15, 0.2) is 30.3 Å². The number of rotatable bonds is 10. The molecule has 176 valence electrons. The summed E-state index contributed by atoms with van der Waals surface area (Å²) >= 11 is 0. The van der Waals surface area contributed by atoms with Crippen molar-refractivity contribution >= 4 is 22.9 Å². The van der Waals surface area contributed by atoms with Crippen molar-refractivity contribution in [1.29, 1.82) is 0 Å². The maximum Gasteiger partial charge on any atom is 0.201 e. The minimum Gasteiger partial charge on any atom is -0.491 e. The third kappa shape index (κ3) is 5.46. The quantitative estimate of drug-likeness (QED) is 0.172. The zero-order chi connectivity index (χ0) is 24.0. The molecule has 0 fully saturated rings. The van der Waals surface area contributed by atoms with Crippen molar-refractivity contribution in [2.75, 3.05) is 13.2 Å². The number of ether oxygens (including phenoxy) is 2. The van der Waals surface area contributed by atoms with Gasteiger partial charge in [0.25, 0.3) is 0 Å². The Kier molecular flexibility index (Phi) is 8.31. The van der Waals surface area contributed by atoms with Crippen LogP contribution in [0.4, 0.5) is 22.0 Å². The van der Waals surface area contributed by atoms with Crippen LogP contribution in [-0.2, 0) is 0 Å². The van der Waals surface area contributed by atoms with E-state index in [1.165, 1.54) is 30.3 Å². The highest BCUT2D eigenvalue weighted by atomic mass is 19.2. The molecule has 2 nitrogen and oxygen atoms in total. The van der Waals surface area contributed by atoms with Crippen LogP contribution in [0.2, 0.25) is 0 Å². The minimum atomic E-state index is -1.38. The second-order valence-corrected chi connectivity index (χ2v) is 7.59. The highest BCUT2D eigenvalue weighted by molar-refractivity contribution is 5.88. The Labute approximate surface area is 189 Å². The predicted molar refractivity (Wildman–Crippen MR) is 120 cm³/mol. The first-order valence-electron chi connectivity index (χ1n) is 10.9. The van der Waals surface area contributed by atoms with Gasteiger partial charge in [-0.1, -0.05) is 44.9 Å². The molecule has 0 heterocycles. The van der Waals surface area contributed by atoms with Crippen LogP contribution in [0.3, 0.4) is 0 Å². The molecule has 7 heteroatoms. The molecule has 0 N–H and O–H groups in total. The van der Waals surface area contributed by atoms with E-state index in [-0.39, 0.29) is 41.2 Å². The van der Waals surface area contributed by atoms with E-state index in [2.05, 4.69) is 0 Å². The Morgan fingerprint density at radius 1 is 0.636 bits per heavy atom. The first kappa shape index (κ1) is 24.6. The molecular weight excluding hydrogens is 439 g/mol. The van der Waals surface area contributed by atoms with E-state index in [4.69, 9.17) is 9.47 Å². The van der Waals surface area contributed by atoms with Gasteiger partial charge in [-0.15, -0.1) is 0 Å². The lowest BCUT2D eigenvalue weighted by molar-refractivity contribution is 0.286. The molecule has 0 aromatic heterocycles. The SMILES string of the molecule is CCCCCOc1ccc(C=Cc2cc3ccc(OCCC)c(F)c3c(F)c2F)c(F)c1F. The highest BCUT2D eigenvalue weighted by Crippen LogP contribution is 2.32. The van der Waals surface area contributed by atoms with Crippen LogP contribution in [0.5, 0.6) is 11.5 Å². The third-order valence-electron chi connectivity index (χ3n) is 5.10. The number of halogens is 5. The van der Waals surface area contributed by atoms with Crippen LogP contribution >= 0.6 is 0 Å². The Morgan fingerprint density at radius 3 is 2.00 bits per heavy atom. The average molecular weight is 464 g/mol. The molecule has 3 aromatic carbocycles. The lowest BCUT2D eigenvalue weighted by atomic mass is 10.0. The minimum absolute atomic E-state index is 0.109. The van der Waals surface area contributed by atoms with Crippen LogP contribution in [0.1, 0.15) is 50.7 Å². The summed E-state index contributed by atoms with van der Waals surface area (Å²) in [6, 6.07) is 6.56. The average Bonchev–Trinajstić information content (AvgIpc) is 2.81. The molecule has 0 radical (unpaired) electrons. The zero-order valence-corrected chi connectivity index (χ0v) is 18.5. The van der Waals surface area contributed by atoms with E-state index in [0.717, 1.165) is 31.4 Å². The first-order chi connectivity index (χ1) is 15.9. The van der Waals surface area contributed by atoms with Gasteiger partial charge in [0.15, 0.2) is 34.8 Å². The van der Waals surface area contributed by atoms with Gasteiger partial charge in [-0.05, 0) is 42.5 Å². The van der Waals surface area contributed by atoms with Gasteiger partial charge in [0, 0.05) is 11.1 Å². The smallest absolute Gasteiger partial charge is 0.201 e. The monoisotopic (exact) mass is 464 g/mol. The van der Waals surface area contributed by atoms with Gasteiger partial charge in [0.1, 0.15) is 0 Å². The molecule has 0 aliphatic carbocycles. The largest absolute Gasteiger partial charge is 0.491 e. The molecule has 3 aromatic rings. The number of unbranched alkanes of at least 4 members (excludes halogenated alkanes) is 2. The van der Waals surface area contributed by atoms with Gasteiger partial charge in [-0.2, -0.15) is 4.39 Å². The fourth-order valence-corrected chi connectivity index (χ4v) is 3.33. The highest BCUT2D eigenvalue weighted by Gasteiger charge is 2.19. The number of benzene rings is 3. The van der Waals surface area contributed by atoms with E-state index in [0.29, 0.717) is 6.42 Å². The van der Waals surface area contributed by atoms with Gasteiger partial charge >= 0.3 is 0 Å². The fraction of sp³-hybridized carbons (Fsp3) is 0.308. The molecule has 0 aliphatic heterocycles. The first-order valence-corrected chi connectivity index (χ1v) is 10.9. The number of fused-ring (bicyclic) bond motifs is 1. The summed E-state index contributed by atoms with van der Waals surface area (Å²) in [7, 11) is 0. The zero-order valence-electron chi connectivity index (χ0n) is 18.5. The van der Waals surface area contributed by atoms with E-state index >= 15 is 0 Å². The second kappa shape index (κ2) is 11.2. The van der Waals surface area contributed by atoms with E-state index in [1.54, 1.807) is 0 Å². The Bertz CT molecular complexity index is 1160.